The van der Waals surface area contributed by atoms with E-state index in [0.29, 0.717) is 0 Å². The Bertz CT molecular complexity index is 340. The van der Waals surface area contributed by atoms with Gasteiger partial charge in [0.2, 0.25) is 0 Å². The summed E-state index contributed by atoms with van der Waals surface area (Å²) in [7, 11) is 0. The van der Waals surface area contributed by atoms with Gasteiger partial charge in [-0.2, -0.15) is 11.8 Å². The summed E-state index contributed by atoms with van der Waals surface area (Å²) in [5.41, 5.74) is 0.243. The average Bonchev–Trinajstić information content (AvgIpc) is 2.79. The molecule has 2 bridgehead atoms. The molecule has 0 saturated carbocycles. The lowest BCUT2D eigenvalue weighted by atomic mass is 9.84. The minimum atomic E-state index is 0.243. The topological polar surface area (TPSA) is 24.5 Å². The van der Waals surface area contributed by atoms with Crippen LogP contribution in [0.25, 0.3) is 0 Å². The first-order chi connectivity index (χ1) is 9.83. The number of hydrogen-bond acceptors (Lipinski definition) is 4. The molecule has 0 aromatic carbocycles. The highest BCUT2D eigenvalue weighted by Crippen LogP contribution is 2.39. The second-order valence-electron chi connectivity index (χ2n) is 7.21. The number of nitrogens with zero attached hydrogens (tertiary/aromatic N) is 1. The largest absolute Gasteiger partial charge is 0.375 e. The molecule has 20 heavy (non-hydrogen) atoms. The number of nitrogens with one attached hydrogen (secondary N) is 1. The second-order valence-corrected chi connectivity index (χ2v) is 8.44. The SMILES string of the molecule is C1CC(N2CCC3CCC(C2)N3)CC2(CCSCC2)O1. The van der Waals surface area contributed by atoms with Crippen LogP contribution >= 0.6 is 11.8 Å². The van der Waals surface area contributed by atoms with E-state index in [1.54, 1.807) is 0 Å². The summed E-state index contributed by atoms with van der Waals surface area (Å²) < 4.78 is 6.27. The summed E-state index contributed by atoms with van der Waals surface area (Å²) in [6, 6.07) is 2.36. The van der Waals surface area contributed by atoms with E-state index in [9.17, 15) is 0 Å². The number of fused-ring (bicyclic) bond motifs is 2. The van der Waals surface area contributed by atoms with Crippen LogP contribution in [0.2, 0.25) is 0 Å². The van der Waals surface area contributed by atoms with Gasteiger partial charge in [-0.25, -0.2) is 0 Å². The number of rotatable bonds is 1. The van der Waals surface area contributed by atoms with Crippen molar-refractivity contribution in [2.45, 2.75) is 68.7 Å². The van der Waals surface area contributed by atoms with Gasteiger partial charge in [0.1, 0.15) is 0 Å². The maximum Gasteiger partial charge on any atom is 0.0713 e. The Balaban J connectivity index is 1.42. The molecule has 0 aromatic heterocycles. The van der Waals surface area contributed by atoms with Crippen LogP contribution in [0, 0.1) is 0 Å². The van der Waals surface area contributed by atoms with Crippen molar-refractivity contribution in [3.05, 3.63) is 0 Å². The van der Waals surface area contributed by atoms with Crippen LogP contribution in [-0.2, 0) is 4.74 Å². The highest BCUT2D eigenvalue weighted by molar-refractivity contribution is 7.99. The summed E-state index contributed by atoms with van der Waals surface area (Å²) in [5.74, 6) is 2.61. The standard InChI is InChI=1S/C16H28N2OS/c1-2-14-12-18(7-3-13(1)17-14)15-4-8-19-16(11-15)5-9-20-10-6-16/h13-15,17H,1-12H2. The minimum absolute atomic E-state index is 0.243. The number of ether oxygens (including phenoxy) is 1. The summed E-state index contributed by atoms with van der Waals surface area (Å²) in [5, 5.41) is 3.82. The molecule has 4 heteroatoms. The van der Waals surface area contributed by atoms with Crippen molar-refractivity contribution in [2.75, 3.05) is 31.2 Å². The van der Waals surface area contributed by atoms with Crippen LogP contribution in [0.5, 0.6) is 0 Å². The molecule has 4 heterocycles. The molecule has 1 N–H and O–H groups in total. The maximum atomic E-state index is 6.27. The summed E-state index contributed by atoms with van der Waals surface area (Å²) >= 11 is 2.11. The van der Waals surface area contributed by atoms with Crippen LogP contribution < -0.4 is 5.32 Å². The van der Waals surface area contributed by atoms with E-state index >= 15 is 0 Å². The summed E-state index contributed by atoms with van der Waals surface area (Å²) in [6.45, 7) is 3.59. The first kappa shape index (κ1) is 13.9. The highest BCUT2D eigenvalue weighted by atomic mass is 32.2. The van der Waals surface area contributed by atoms with E-state index < -0.39 is 0 Å². The zero-order valence-corrected chi connectivity index (χ0v) is 13.3. The molecule has 0 aromatic rings. The van der Waals surface area contributed by atoms with Crippen molar-refractivity contribution in [3.8, 4) is 0 Å². The van der Waals surface area contributed by atoms with Crippen LogP contribution in [0.1, 0.15) is 44.9 Å². The molecule has 0 aliphatic carbocycles. The fourth-order valence-corrected chi connectivity index (χ4v) is 5.94. The Morgan fingerprint density at radius 1 is 1.05 bits per heavy atom. The summed E-state index contributed by atoms with van der Waals surface area (Å²) in [4.78, 5) is 2.81. The zero-order valence-electron chi connectivity index (χ0n) is 12.5. The third kappa shape index (κ3) is 2.77. The lowest BCUT2D eigenvalue weighted by Crippen LogP contribution is -2.52. The Kier molecular flexibility index (Phi) is 4.01. The molecule has 3 nitrogen and oxygen atoms in total. The quantitative estimate of drug-likeness (QED) is 0.802. The first-order valence-electron chi connectivity index (χ1n) is 8.55. The van der Waals surface area contributed by atoms with E-state index in [4.69, 9.17) is 4.74 Å². The van der Waals surface area contributed by atoms with Crippen LogP contribution in [0.15, 0.2) is 0 Å². The fourth-order valence-electron chi connectivity index (χ4n) is 4.71. The van der Waals surface area contributed by atoms with Crippen LogP contribution in [0.3, 0.4) is 0 Å². The summed E-state index contributed by atoms with van der Waals surface area (Å²) in [6.07, 6.45) is 9.28. The van der Waals surface area contributed by atoms with Crippen molar-refractivity contribution in [3.63, 3.8) is 0 Å². The van der Waals surface area contributed by atoms with Gasteiger partial charge in [0, 0.05) is 31.3 Å². The molecular weight excluding hydrogens is 268 g/mol. The number of hydrogen-bond donors (Lipinski definition) is 1. The molecule has 4 fully saturated rings. The van der Waals surface area contributed by atoms with Gasteiger partial charge >= 0.3 is 0 Å². The molecule has 4 aliphatic heterocycles. The lowest BCUT2D eigenvalue weighted by Gasteiger charge is -2.46. The monoisotopic (exact) mass is 296 g/mol. The molecule has 114 valence electrons. The predicted octanol–water partition coefficient (Wildman–Crippen LogP) is 2.26. The first-order valence-corrected chi connectivity index (χ1v) is 9.70. The molecule has 1 spiro atoms. The molecule has 4 rings (SSSR count). The fraction of sp³-hybridized carbons (Fsp3) is 1.00. The smallest absolute Gasteiger partial charge is 0.0713 e. The highest BCUT2D eigenvalue weighted by Gasteiger charge is 2.41. The van der Waals surface area contributed by atoms with Crippen molar-refractivity contribution in [2.24, 2.45) is 0 Å². The van der Waals surface area contributed by atoms with E-state index in [2.05, 4.69) is 22.0 Å². The van der Waals surface area contributed by atoms with Gasteiger partial charge in [0.15, 0.2) is 0 Å². The molecule has 0 amide bonds. The van der Waals surface area contributed by atoms with Gasteiger partial charge in [-0.3, -0.25) is 4.90 Å². The molecule has 4 saturated heterocycles. The third-order valence-corrected chi connectivity index (χ3v) is 6.93. The molecule has 4 aliphatic rings. The van der Waals surface area contributed by atoms with E-state index in [0.717, 1.165) is 24.7 Å². The van der Waals surface area contributed by atoms with Crippen molar-refractivity contribution < 1.29 is 4.74 Å². The van der Waals surface area contributed by atoms with E-state index in [-0.39, 0.29) is 5.60 Å². The normalized spacial score (nSPS) is 41.7. The number of thioether (sulfide) groups is 1. The Morgan fingerprint density at radius 3 is 2.80 bits per heavy atom. The average molecular weight is 296 g/mol. The number of likely N-dealkylation sites (tertiary alicyclic amines) is 1. The Labute approximate surface area is 127 Å². The Morgan fingerprint density at radius 2 is 1.90 bits per heavy atom. The van der Waals surface area contributed by atoms with Crippen molar-refractivity contribution >= 4 is 11.8 Å². The van der Waals surface area contributed by atoms with E-state index in [1.807, 2.05) is 0 Å². The lowest BCUT2D eigenvalue weighted by molar-refractivity contribution is -0.110. The van der Waals surface area contributed by atoms with Crippen LogP contribution in [0.4, 0.5) is 0 Å². The molecular formula is C16H28N2OS. The molecule has 3 atom stereocenters. The van der Waals surface area contributed by atoms with Gasteiger partial charge in [0.25, 0.3) is 0 Å². The second kappa shape index (κ2) is 5.79. The van der Waals surface area contributed by atoms with Crippen molar-refractivity contribution in [1.29, 1.82) is 0 Å². The molecule has 3 unspecified atom stereocenters. The van der Waals surface area contributed by atoms with Gasteiger partial charge < -0.3 is 10.1 Å². The van der Waals surface area contributed by atoms with Gasteiger partial charge in [-0.15, -0.1) is 0 Å². The van der Waals surface area contributed by atoms with Gasteiger partial charge in [-0.05, 0) is 63.0 Å². The van der Waals surface area contributed by atoms with Crippen LogP contribution in [-0.4, -0.2) is 59.8 Å². The predicted molar refractivity (Wildman–Crippen MR) is 84.4 cm³/mol. The third-order valence-electron chi connectivity index (χ3n) is 5.94. The van der Waals surface area contributed by atoms with Gasteiger partial charge in [-0.1, -0.05) is 0 Å². The van der Waals surface area contributed by atoms with E-state index in [1.165, 1.54) is 69.5 Å². The van der Waals surface area contributed by atoms with Gasteiger partial charge in [0.05, 0.1) is 5.60 Å². The maximum absolute atomic E-state index is 6.27. The Hall–Kier alpha value is 0.230. The zero-order chi connectivity index (χ0) is 13.4. The minimum Gasteiger partial charge on any atom is -0.375 e. The molecule has 0 radical (unpaired) electrons. The van der Waals surface area contributed by atoms with Crippen molar-refractivity contribution in [1.82, 2.24) is 10.2 Å².